The number of imidazole rings is 1. The molecule has 4 N–H and O–H groups in total. The minimum absolute atomic E-state index is 0.0330. The van der Waals surface area contributed by atoms with Crippen LogP contribution in [0, 0.1) is 0 Å². The van der Waals surface area contributed by atoms with Gasteiger partial charge in [-0.3, -0.25) is 9.36 Å². The third-order valence-electron chi connectivity index (χ3n) is 7.25. The molecule has 0 aliphatic carbocycles. The number of carbonyl (C=O) groups excluding carboxylic acids is 1. The van der Waals surface area contributed by atoms with Crippen LogP contribution >= 0.6 is 6.64 Å². The maximum Gasteiger partial charge on any atom is 0.323 e. The van der Waals surface area contributed by atoms with Crippen molar-refractivity contribution in [3.05, 3.63) is 48.8 Å². The van der Waals surface area contributed by atoms with E-state index >= 15 is 4.39 Å². The molecule has 0 radical (unpaired) electrons. The highest BCUT2D eigenvalue weighted by atomic mass is 32.5. The van der Waals surface area contributed by atoms with E-state index in [4.69, 9.17) is 36.1 Å². The van der Waals surface area contributed by atoms with Gasteiger partial charge in [-0.15, -0.1) is 0 Å². The SMILES string of the molecule is CC(C)OC(=O)[C@H](C)N[P@@](=S)(OC[C@H]1O[C@@H](n2cnc3c(N(C)C)nc(N)nc32)[C@](C)(F)[C@@H]1O)Oc1cccc2ccccc12. The molecule has 6 atom stereocenters. The van der Waals surface area contributed by atoms with E-state index in [0.717, 1.165) is 10.8 Å². The first-order valence-corrected chi connectivity index (χ1v) is 16.9. The third-order valence-corrected chi connectivity index (χ3v) is 9.73. The van der Waals surface area contributed by atoms with E-state index in [2.05, 4.69) is 20.0 Å². The van der Waals surface area contributed by atoms with E-state index in [0.29, 0.717) is 17.1 Å². The molecule has 0 unspecified atom stereocenters. The fourth-order valence-corrected chi connectivity index (χ4v) is 7.46. The number of benzene rings is 2. The maximum absolute atomic E-state index is 16.3. The molecule has 0 saturated carbocycles. The van der Waals surface area contributed by atoms with Crippen molar-refractivity contribution >= 4 is 58.1 Å². The van der Waals surface area contributed by atoms with Gasteiger partial charge in [-0.1, -0.05) is 36.4 Å². The van der Waals surface area contributed by atoms with Gasteiger partial charge >= 0.3 is 12.6 Å². The molecule has 13 nitrogen and oxygen atoms in total. The monoisotopic (exact) mass is 661 g/mol. The molecular weight excluding hydrogens is 624 g/mol. The minimum atomic E-state index is -3.56. The molecule has 45 heavy (non-hydrogen) atoms. The number of aliphatic hydroxyl groups is 1. The summed E-state index contributed by atoms with van der Waals surface area (Å²) in [6.07, 6.45) is -3.17. The van der Waals surface area contributed by atoms with E-state index in [1.165, 1.54) is 17.8 Å². The Morgan fingerprint density at radius 3 is 2.67 bits per heavy atom. The Morgan fingerprint density at radius 2 is 1.96 bits per heavy atom. The summed E-state index contributed by atoms with van der Waals surface area (Å²) in [5, 5.41) is 15.8. The number of alkyl halides is 1. The van der Waals surface area contributed by atoms with Crippen LogP contribution in [0.4, 0.5) is 16.2 Å². The average Bonchev–Trinajstić information content (AvgIpc) is 3.48. The second kappa shape index (κ2) is 12.7. The van der Waals surface area contributed by atoms with Crippen molar-refractivity contribution in [1.29, 1.82) is 0 Å². The third kappa shape index (κ3) is 6.74. The number of nitrogens with two attached hydrogens (primary N) is 1. The van der Waals surface area contributed by atoms with Crippen molar-refractivity contribution in [3.63, 3.8) is 0 Å². The quantitative estimate of drug-likeness (QED) is 0.157. The number of anilines is 2. The average molecular weight is 662 g/mol. The lowest BCUT2D eigenvalue weighted by molar-refractivity contribution is -0.149. The summed E-state index contributed by atoms with van der Waals surface area (Å²) in [6.45, 7) is 2.34. The highest BCUT2D eigenvalue weighted by Gasteiger charge is 2.56. The van der Waals surface area contributed by atoms with Gasteiger partial charge in [0.25, 0.3) is 0 Å². The zero-order chi connectivity index (χ0) is 32.7. The molecule has 16 heteroatoms. The Kier molecular flexibility index (Phi) is 9.32. The summed E-state index contributed by atoms with van der Waals surface area (Å²) in [5.41, 5.74) is 4.25. The molecule has 0 bridgehead atoms. The number of nitrogens with zero attached hydrogens (tertiary/aromatic N) is 5. The fourth-order valence-electron chi connectivity index (χ4n) is 5.04. The predicted octanol–water partition coefficient (Wildman–Crippen LogP) is 3.86. The van der Waals surface area contributed by atoms with Crippen LogP contribution in [-0.2, 0) is 30.6 Å². The molecule has 3 heterocycles. The highest BCUT2D eigenvalue weighted by Crippen LogP contribution is 2.49. The summed E-state index contributed by atoms with van der Waals surface area (Å²) < 4.78 is 41.5. The molecule has 5 rings (SSSR count). The first-order valence-electron chi connectivity index (χ1n) is 14.3. The second-order valence-corrected chi connectivity index (χ2v) is 14.6. The van der Waals surface area contributed by atoms with Crippen LogP contribution < -0.4 is 20.2 Å². The van der Waals surface area contributed by atoms with Crippen LogP contribution in [0.5, 0.6) is 5.75 Å². The van der Waals surface area contributed by atoms with Crippen LogP contribution in [-0.4, -0.2) is 81.3 Å². The molecule has 242 valence electrons. The number of nitrogens with one attached hydrogen (secondary N) is 1. The van der Waals surface area contributed by atoms with Crippen molar-refractivity contribution in [2.45, 2.75) is 63.9 Å². The van der Waals surface area contributed by atoms with Gasteiger partial charge in [0, 0.05) is 19.5 Å². The molecule has 0 spiro atoms. The first-order chi connectivity index (χ1) is 21.2. The Balaban J connectivity index is 1.42. The molecule has 1 aliphatic heterocycles. The largest absolute Gasteiger partial charge is 0.462 e. The normalized spacial score (nSPS) is 23.7. The number of hydrogen-bond acceptors (Lipinski definition) is 12. The number of esters is 1. The summed E-state index contributed by atoms with van der Waals surface area (Å²) >= 11 is 5.88. The van der Waals surface area contributed by atoms with E-state index in [-0.39, 0.29) is 24.3 Å². The first kappa shape index (κ1) is 32.9. The molecule has 2 aromatic carbocycles. The van der Waals surface area contributed by atoms with Gasteiger partial charge < -0.3 is 34.3 Å². The zero-order valence-electron chi connectivity index (χ0n) is 25.7. The minimum Gasteiger partial charge on any atom is -0.462 e. The van der Waals surface area contributed by atoms with Gasteiger partial charge in [0.05, 0.1) is 19.0 Å². The zero-order valence-corrected chi connectivity index (χ0v) is 27.5. The summed E-state index contributed by atoms with van der Waals surface area (Å²) in [5.74, 6) is 0.281. The van der Waals surface area contributed by atoms with Gasteiger partial charge in [0.1, 0.15) is 24.0 Å². The number of nitrogen functional groups attached to an aromatic ring is 1. The van der Waals surface area contributed by atoms with Gasteiger partial charge in [-0.05, 0) is 51.0 Å². The smallest absolute Gasteiger partial charge is 0.323 e. The predicted molar refractivity (Wildman–Crippen MR) is 172 cm³/mol. The number of ether oxygens (including phenoxy) is 2. The van der Waals surface area contributed by atoms with Crippen molar-refractivity contribution in [2.75, 3.05) is 31.3 Å². The molecular formula is C29H37FN7O6PS. The lowest BCUT2D eigenvalue weighted by atomic mass is 9.98. The molecule has 2 aromatic heterocycles. The van der Waals surface area contributed by atoms with Crippen LogP contribution in [0.1, 0.15) is 33.9 Å². The molecule has 0 amide bonds. The number of hydrogen-bond donors (Lipinski definition) is 3. The van der Waals surface area contributed by atoms with Crippen molar-refractivity contribution in [3.8, 4) is 5.75 Å². The van der Waals surface area contributed by atoms with Crippen molar-refractivity contribution in [1.82, 2.24) is 24.6 Å². The van der Waals surface area contributed by atoms with Gasteiger partial charge in [0.15, 0.2) is 28.9 Å². The molecule has 4 aromatic rings. The number of aliphatic hydroxyl groups excluding tert-OH is 1. The van der Waals surface area contributed by atoms with E-state index < -0.39 is 42.8 Å². The number of rotatable bonds is 11. The van der Waals surface area contributed by atoms with E-state index in [1.54, 1.807) is 45.8 Å². The highest BCUT2D eigenvalue weighted by molar-refractivity contribution is 8.09. The van der Waals surface area contributed by atoms with Gasteiger partial charge in [-0.25, -0.2) is 14.5 Å². The summed E-state index contributed by atoms with van der Waals surface area (Å²) in [7, 11) is 3.54. The number of carbonyl (C=O) groups is 1. The lowest BCUT2D eigenvalue weighted by Gasteiger charge is -2.28. The number of halogens is 1. The van der Waals surface area contributed by atoms with E-state index in [9.17, 15) is 9.90 Å². The summed E-state index contributed by atoms with van der Waals surface area (Å²) in [4.78, 5) is 27.2. The van der Waals surface area contributed by atoms with Crippen LogP contribution in [0.15, 0.2) is 48.8 Å². The molecule has 1 aliphatic rings. The fraction of sp³-hybridized carbons (Fsp3) is 0.448. The lowest BCUT2D eigenvalue weighted by Crippen LogP contribution is -2.41. The van der Waals surface area contributed by atoms with Crippen molar-refractivity contribution in [2.24, 2.45) is 0 Å². The van der Waals surface area contributed by atoms with Crippen LogP contribution in [0.3, 0.4) is 0 Å². The standard InChI is InChI=1S/C29H37FN7O6PS/c1-16(2)41-26(39)17(3)35-44(45,43-20-13-9-11-18-10-7-8-12-19(18)20)40-14-21-23(38)29(4,30)27(42-21)37-15-32-22-24(36(5)6)33-28(31)34-25(22)37/h7-13,15-17,21,23,27,38H,14H2,1-6H3,(H,35,45)(H2,31,33,34)/t17-,21+,23+,27+,29+,44+/m0/s1. The number of fused-ring (bicyclic) bond motifs is 2. The molecule has 1 saturated heterocycles. The van der Waals surface area contributed by atoms with Gasteiger partial charge in [0.2, 0.25) is 5.95 Å². The Hall–Kier alpha value is -3.46. The van der Waals surface area contributed by atoms with Crippen molar-refractivity contribution < 1.29 is 32.8 Å². The molecule has 1 fully saturated rings. The summed E-state index contributed by atoms with van der Waals surface area (Å²) in [6, 6.07) is 12.1. The van der Waals surface area contributed by atoms with Crippen LogP contribution in [0.25, 0.3) is 21.9 Å². The Morgan fingerprint density at radius 1 is 1.24 bits per heavy atom. The number of aromatic nitrogens is 4. The van der Waals surface area contributed by atoms with E-state index in [1.807, 2.05) is 36.4 Å². The maximum atomic E-state index is 16.3. The topological polar surface area (TPSA) is 159 Å². The Bertz CT molecular complexity index is 1750. The second-order valence-electron chi connectivity index (χ2n) is 11.4. The van der Waals surface area contributed by atoms with Crippen LogP contribution in [0.2, 0.25) is 0 Å². The Labute approximate surface area is 265 Å². The van der Waals surface area contributed by atoms with Gasteiger partial charge in [-0.2, -0.15) is 9.97 Å².